The van der Waals surface area contributed by atoms with Crippen molar-refractivity contribution in [3.63, 3.8) is 0 Å². The largest absolute Gasteiger partial charge is 0.368 e. The molecular weight excluding hydrogens is 513 g/mol. The molecule has 0 bridgehead atoms. The number of thioether (sulfide) groups is 1. The molecule has 188 valence electrons. The van der Waals surface area contributed by atoms with Crippen LogP contribution in [0.4, 0.5) is 14.9 Å². The highest BCUT2D eigenvalue weighted by molar-refractivity contribution is 8.18. The van der Waals surface area contributed by atoms with Crippen molar-refractivity contribution >= 4 is 52.2 Å². The number of amides is 3. The normalized spacial score (nSPS) is 17.1. The van der Waals surface area contributed by atoms with Gasteiger partial charge < -0.3 is 9.80 Å². The van der Waals surface area contributed by atoms with Crippen LogP contribution >= 0.6 is 23.4 Å². The van der Waals surface area contributed by atoms with Crippen LogP contribution < -0.4 is 4.90 Å². The lowest BCUT2D eigenvalue weighted by Crippen LogP contribution is -2.48. The van der Waals surface area contributed by atoms with Crippen molar-refractivity contribution in [2.45, 2.75) is 6.54 Å². The summed E-state index contributed by atoms with van der Waals surface area (Å²) in [7, 11) is 0. The zero-order valence-corrected chi connectivity index (χ0v) is 21.3. The highest BCUT2D eigenvalue weighted by Gasteiger charge is 2.35. The number of rotatable bonds is 5. The quantitative estimate of drug-likeness (QED) is 0.393. The summed E-state index contributed by atoms with van der Waals surface area (Å²) in [5.74, 6) is -1.04. The Balaban J connectivity index is 1.26. The van der Waals surface area contributed by atoms with Crippen molar-refractivity contribution in [3.8, 4) is 0 Å². The molecule has 0 saturated carbocycles. The standard InChI is InChI=1S/C28H23ClFN3O3S/c29-22-8-4-9-23(17-22)31-11-13-32(14-12-31)26(34)20-7-3-5-19(15-20)16-25-27(35)33(28(36)37-25)18-21-6-1-2-10-24(21)30/h1-10,15-17H,11-14,18H2/b25-16-. The van der Waals surface area contributed by atoms with Gasteiger partial charge in [-0.3, -0.25) is 19.3 Å². The number of carbonyl (C=O) groups excluding carboxylic acids is 3. The third kappa shape index (κ3) is 5.55. The Labute approximate surface area is 223 Å². The highest BCUT2D eigenvalue weighted by atomic mass is 35.5. The summed E-state index contributed by atoms with van der Waals surface area (Å²) in [6, 6.07) is 20.7. The van der Waals surface area contributed by atoms with E-state index < -0.39 is 17.0 Å². The van der Waals surface area contributed by atoms with E-state index in [-0.39, 0.29) is 22.9 Å². The van der Waals surface area contributed by atoms with Gasteiger partial charge in [0.2, 0.25) is 0 Å². The number of piperazine rings is 1. The van der Waals surface area contributed by atoms with Crippen LogP contribution in [0.1, 0.15) is 21.5 Å². The van der Waals surface area contributed by atoms with E-state index in [1.54, 1.807) is 48.5 Å². The van der Waals surface area contributed by atoms with Gasteiger partial charge in [0.1, 0.15) is 5.82 Å². The van der Waals surface area contributed by atoms with E-state index in [2.05, 4.69) is 4.90 Å². The maximum Gasteiger partial charge on any atom is 0.293 e. The molecular formula is C28H23ClFN3O3S. The molecule has 0 spiro atoms. The van der Waals surface area contributed by atoms with Crippen molar-refractivity contribution < 1.29 is 18.8 Å². The summed E-state index contributed by atoms with van der Waals surface area (Å²) in [6.45, 7) is 2.41. The maximum atomic E-state index is 14.0. The number of hydrogen-bond donors (Lipinski definition) is 0. The zero-order chi connectivity index (χ0) is 25.9. The minimum Gasteiger partial charge on any atom is -0.368 e. The Kier molecular flexibility index (Phi) is 7.30. The number of nitrogens with zero attached hydrogens (tertiary/aromatic N) is 3. The number of halogens is 2. The second-order valence-electron chi connectivity index (χ2n) is 8.74. The molecule has 0 N–H and O–H groups in total. The maximum absolute atomic E-state index is 14.0. The van der Waals surface area contributed by atoms with Gasteiger partial charge in [0.15, 0.2) is 0 Å². The average Bonchev–Trinajstić information content (AvgIpc) is 3.17. The monoisotopic (exact) mass is 535 g/mol. The summed E-state index contributed by atoms with van der Waals surface area (Å²) in [4.78, 5) is 43.8. The predicted molar refractivity (Wildman–Crippen MR) is 144 cm³/mol. The van der Waals surface area contributed by atoms with Crippen LogP contribution in [0.3, 0.4) is 0 Å². The number of benzene rings is 3. The Morgan fingerprint density at radius 3 is 2.46 bits per heavy atom. The van der Waals surface area contributed by atoms with Crippen molar-refractivity contribution in [2.24, 2.45) is 0 Å². The van der Waals surface area contributed by atoms with Crippen molar-refractivity contribution in [1.82, 2.24) is 9.80 Å². The second kappa shape index (κ2) is 10.8. The average molecular weight is 536 g/mol. The first kappa shape index (κ1) is 25.0. The van der Waals surface area contributed by atoms with Gasteiger partial charge in [0.25, 0.3) is 17.1 Å². The SMILES string of the molecule is O=C(c1cccc(/C=C2\SC(=O)N(Cc3ccccc3F)C2=O)c1)N1CCN(c2cccc(Cl)c2)CC1. The molecule has 2 fully saturated rings. The molecule has 2 heterocycles. The Bertz CT molecular complexity index is 1400. The molecule has 0 atom stereocenters. The molecule has 2 aliphatic rings. The lowest BCUT2D eigenvalue weighted by Gasteiger charge is -2.36. The zero-order valence-electron chi connectivity index (χ0n) is 19.8. The van der Waals surface area contributed by atoms with Crippen LogP contribution in [0.15, 0.2) is 77.7 Å². The van der Waals surface area contributed by atoms with Crippen LogP contribution in [0.25, 0.3) is 6.08 Å². The molecule has 3 aromatic carbocycles. The summed E-state index contributed by atoms with van der Waals surface area (Å²) in [5, 5.41) is 0.224. The third-order valence-corrected chi connectivity index (χ3v) is 7.47. The highest BCUT2D eigenvalue weighted by Crippen LogP contribution is 2.33. The van der Waals surface area contributed by atoms with Crippen LogP contribution in [0.5, 0.6) is 0 Å². The van der Waals surface area contributed by atoms with Gasteiger partial charge in [0, 0.05) is 48.0 Å². The molecule has 6 nitrogen and oxygen atoms in total. The smallest absolute Gasteiger partial charge is 0.293 e. The third-order valence-electron chi connectivity index (χ3n) is 6.33. The molecule has 3 amide bonds. The molecule has 0 unspecified atom stereocenters. The van der Waals surface area contributed by atoms with E-state index in [4.69, 9.17) is 11.6 Å². The minimum atomic E-state index is -0.480. The molecule has 5 rings (SSSR count). The first-order chi connectivity index (χ1) is 17.9. The lowest BCUT2D eigenvalue weighted by molar-refractivity contribution is -0.123. The van der Waals surface area contributed by atoms with E-state index in [9.17, 15) is 18.8 Å². The predicted octanol–water partition coefficient (Wildman–Crippen LogP) is 5.68. The fourth-order valence-corrected chi connectivity index (χ4v) is 5.39. The number of carbonyl (C=O) groups is 3. The molecule has 9 heteroatoms. The number of imide groups is 1. The minimum absolute atomic E-state index is 0.0892. The van der Waals surface area contributed by atoms with Crippen LogP contribution in [-0.2, 0) is 11.3 Å². The van der Waals surface area contributed by atoms with Crippen molar-refractivity contribution in [2.75, 3.05) is 31.1 Å². The fraction of sp³-hybridized carbons (Fsp3) is 0.179. The number of hydrogen-bond acceptors (Lipinski definition) is 5. The molecule has 37 heavy (non-hydrogen) atoms. The van der Waals surface area contributed by atoms with E-state index in [1.807, 2.05) is 29.2 Å². The summed E-state index contributed by atoms with van der Waals surface area (Å²) >= 11 is 6.92. The van der Waals surface area contributed by atoms with Crippen LogP contribution in [0.2, 0.25) is 5.02 Å². The second-order valence-corrected chi connectivity index (χ2v) is 10.2. The van der Waals surface area contributed by atoms with Gasteiger partial charge in [-0.1, -0.05) is 48.0 Å². The Morgan fingerprint density at radius 1 is 0.946 bits per heavy atom. The molecule has 3 aromatic rings. The van der Waals surface area contributed by atoms with E-state index in [1.165, 1.54) is 6.07 Å². The topological polar surface area (TPSA) is 60.9 Å². The van der Waals surface area contributed by atoms with Gasteiger partial charge in [0.05, 0.1) is 11.4 Å². The summed E-state index contributed by atoms with van der Waals surface area (Å²) in [5.41, 5.74) is 2.45. The first-order valence-electron chi connectivity index (χ1n) is 11.8. The molecule has 0 aliphatic carbocycles. The van der Waals surface area contributed by atoms with Gasteiger partial charge >= 0.3 is 0 Å². The van der Waals surface area contributed by atoms with Crippen molar-refractivity contribution in [1.29, 1.82) is 0 Å². The summed E-state index contributed by atoms with van der Waals surface area (Å²) < 4.78 is 14.0. The van der Waals surface area contributed by atoms with Gasteiger partial charge in [-0.15, -0.1) is 0 Å². The Morgan fingerprint density at radius 2 is 1.70 bits per heavy atom. The van der Waals surface area contributed by atoms with Crippen LogP contribution in [-0.4, -0.2) is 53.0 Å². The van der Waals surface area contributed by atoms with E-state index in [0.717, 1.165) is 22.3 Å². The molecule has 0 radical (unpaired) electrons. The lowest BCUT2D eigenvalue weighted by atomic mass is 10.1. The first-order valence-corrected chi connectivity index (χ1v) is 13.0. The molecule has 0 aromatic heterocycles. The van der Waals surface area contributed by atoms with Gasteiger partial charge in [-0.05, 0) is 59.8 Å². The van der Waals surface area contributed by atoms with Crippen molar-refractivity contribution in [3.05, 3.63) is 105 Å². The Hall–Kier alpha value is -3.62. The number of anilines is 1. The molecule has 2 aliphatic heterocycles. The summed E-state index contributed by atoms with van der Waals surface area (Å²) in [6.07, 6.45) is 1.60. The van der Waals surface area contributed by atoms with Gasteiger partial charge in [-0.25, -0.2) is 4.39 Å². The van der Waals surface area contributed by atoms with Gasteiger partial charge in [-0.2, -0.15) is 0 Å². The fourth-order valence-electron chi connectivity index (χ4n) is 4.37. The van der Waals surface area contributed by atoms with E-state index in [0.29, 0.717) is 42.3 Å². The van der Waals surface area contributed by atoms with E-state index >= 15 is 0 Å². The van der Waals surface area contributed by atoms with Crippen LogP contribution in [0, 0.1) is 5.82 Å². The molecule has 2 saturated heterocycles.